The van der Waals surface area contributed by atoms with Crippen molar-refractivity contribution in [1.29, 1.82) is 0 Å². The lowest BCUT2D eigenvalue weighted by molar-refractivity contribution is 0.122. The van der Waals surface area contributed by atoms with Crippen LogP contribution in [0.4, 0.5) is 17.7 Å². The smallest absolute Gasteiger partial charge is 0.227 e. The number of aromatic nitrogens is 9. The van der Waals surface area contributed by atoms with E-state index in [1.165, 1.54) is 0 Å². The number of pyridine rings is 2. The van der Waals surface area contributed by atoms with E-state index in [1.54, 1.807) is 40.4 Å². The molecule has 228 valence electrons. The van der Waals surface area contributed by atoms with Gasteiger partial charge in [-0.05, 0) is 37.8 Å². The van der Waals surface area contributed by atoms with Crippen molar-refractivity contribution in [2.24, 2.45) is 7.05 Å². The summed E-state index contributed by atoms with van der Waals surface area (Å²) in [5, 5.41) is 18.2. The maximum atomic E-state index is 9.21. The number of nitrogens with zero attached hydrogens (tertiary/aromatic N) is 10. The van der Waals surface area contributed by atoms with Crippen molar-refractivity contribution >= 4 is 28.6 Å². The molecule has 0 bridgehead atoms. The Morgan fingerprint density at radius 2 is 1.82 bits per heavy atom. The molecule has 0 aromatic carbocycles. The largest absolute Gasteiger partial charge is 0.474 e. The van der Waals surface area contributed by atoms with Crippen LogP contribution in [-0.2, 0) is 18.3 Å². The summed E-state index contributed by atoms with van der Waals surface area (Å²) in [5.74, 6) is 2.96. The maximum absolute atomic E-state index is 9.21. The molecule has 1 saturated heterocycles. The second-order valence-corrected chi connectivity index (χ2v) is 11.0. The number of anilines is 3. The van der Waals surface area contributed by atoms with Crippen LogP contribution >= 0.6 is 0 Å². The summed E-state index contributed by atoms with van der Waals surface area (Å²) in [4.78, 5) is 29.3. The first kappa shape index (κ1) is 27.9. The third kappa shape index (κ3) is 5.96. The van der Waals surface area contributed by atoms with E-state index in [0.29, 0.717) is 49.4 Å². The van der Waals surface area contributed by atoms with Crippen LogP contribution in [0, 0.1) is 0 Å². The topological polar surface area (TPSA) is 166 Å². The van der Waals surface area contributed by atoms with Gasteiger partial charge in [-0.15, -0.1) is 0 Å². The van der Waals surface area contributed by atoms with Crippen LogP contribution in [0.1, 0.15) is 31.4 Å². The van der Waals surface area contributed by atoms with Gasteiger partial charge in [-0.1, -0.05) is 0 Å². The highest BCUT2D eigenvalue weighted by Gasteiger charge is 2.25. The number of imidazole rings is 1. The van der Waals surface area contributed by atoms with Crippen molar-refractivity contribution in [3.8, 4) is 17.3 Å². The van der Waals surface area contributed by atoms with Crippen molar-refractivity contribution in [1.82, 2.24) is 44.3 Å². The Hall–Kier alpha value is -4.89. The number of hydrogen-bond acceptors (Lipinski definition) is 13. The summed E-state index contributed by atoms with van der Waals surface area (Å²) in [6.07, 6.45) is 12.3. The first-order valence-electron chi connectivity index (χ1n) is 14.8. The highest BCUT2D eigenvalue weighted by molar-refractivity contribution is 5.88. The minimum absolute atomic E-state index is 0.0265. The third-order valence-electron chi connectivity index (χ3n) is 8.12. The Bertz CT molecular complexity index is 1710. The molecule has 2 fully saturated rings. The third-order valence-corrected chi connectivity index (χ3v) is 8.12. The van der Waals surface area contributed by atoms with E-state index in [2.05, 4.69) is 40.7 Å². The number of morpholine rings is 1. The summed E-state index contributed by atoms with van der Waals surface area (Å²) >= 11 is 0. The van der Waals surface area contributed by atoms with Gasteiger partial charge < -0.3 is 24.3 Å². The van der Waals surface area contributed by atoms with E-state index in [1.807, 2.05) is 25.2 Å². The first-order chi connectivity index (χ1) is 21.6. The Balaban J connectivity index is 1.13. The van der Waals surface area contributed by atoms with Crippen LogP contribution in [-0.4, -0.2) is 87.9 Å². The fourth-order valence-corrected chi connectivity index (χ4v) is 5.65. The summed E-state index contributed by atoms with van der Waals surface area (Å²) in [6.45, 7) is 3.29. The first-order valence-corrected chi connectivity index (χ1v) is 14.8. The van der Waals surface area contributed by atoms with E-state index in [0.717, 1.165) is 66.8 Å². The van der Waals surface area contributed by atoms with Crippen molar-refractivity contribution < 1.29 is 14.7 Å². The molecule has 5 aromatic rings. The van der Waals surface area contributed by atoms with Crippen molar-refractivity contribution in [2.45, 2.75) is 44.4 Å². The minimum atomic E-state index is 0.0265. The van der Waals surface area contributed by atoms with Crippen molar-refractivity contribution in [3.05, 3.63) is 55.0 Å². The summed E-state index contributed by atoms with van der Waals surface area (Å²) in [7, 11) is 1.81. The van der Waals surface area contributed by atoms with Crippen LogP contribution in [0.3, 0.4) is 0 Å². The monoisotopic (exact) mass is 598 g/mol. The molecule has 6 heterocycles. The number of nitrogens with one attached hydrogen (secondary N) is 2. The highest BCUT2D eigenvalue weighted by Crippen LogP contribution is 2.33. The predicted octanol–water partition coefficient (Wildman–Crippen LogP) is 2.90. The number of ether oxygens (including phenoxy) is 2. The second kappa shape index (κ2) is 12.4. The number of rotatable bonds is 9. The van der Waals surface area contributed by atoms with E-state index < -0.39 is 0 Å². The molecular formula is C29H34N12O3. The average Bonchev–Trinajstić information content (AvgIpc) is 3.69. The quantitative estimate of drug-likeness (QED) is 0.212. The molecule has 1 aliphatic carbocycles. The van der Waals surface area contributed by atoms with E-state index in [9.17, 15) is 5.21 Å². The van der Waals surface area contributed by atoms with E-state index in [-0.39, 0.29) is 6.10 Å². The van der Waals surface area contributed by atoms with Gasteiger partial charge in [0.15, 0.2) is 5.82 Å². The summed E-state index contributed by atoms with van der Waals surface area (Å²) < 4.78 is 15.7. The van der Waals surface area contributed by atoms with Gasteiger partial charge in [0.1, 0.15) is 18.2 Å². The van der Waals surface area contributed by atoms with Crippen LogP contribution in [0.5, 0.6) is 5.88 Å². The Kier molecular flexibility index (Phi) is 7.85. The van der Waals surface area contributed by atoms with Crippen molar-refractivity contribution in [3.63, 3.8) is 0 Å². The van der Waals surface area contributed by atoms with Crippen LogP contribution in [0.25, 0.3) is 22.3 Å². The number of fused-ring (bicyclic) bond motifs is 1. The Morgan fingerprint density at radius 1 is 1.00 bits per heavy atom. The normalized spacial score (nSPS) is 18.8. The molecule has 1 saturated carbocycles. The van der Waals surface area contributed by atoms with Crippen LogP contribution in [0.15, 0.2) is 49.3 Å². The zero-order chi connectivity index (χ0) is 29.9. The Morgan fingerprint density at radius 3 is 2.59 bits per heavy atom. The van der Waals surface area contributed by atoms with Gasteiger partial charge in [0, 0.05) is 56.4 Å². The SMILES string of the molecule is Cn1c(Cn2cnc(-c3cnc4cc(N5CCOCC5)nc(O[C@H]5CC[C@@H](Nc6ncccn6)CC5)c4c3)n2)cnc1NO. The molecule has 15 heteroatoms. The minimum Gasteiger partial charge on any atom is -0.474 e. The lowest BCUT2D eigenvalue weighted by Gasteiger charge is -2.31. The zero-order valence-corrected chi connectivity index (χ0v) is 24.4. The fourth-order valence-electron chi connectivity index (χ4n) is 5.65. The maximum Gasteiger partial charge on any atom is 0.227 e. The lowest BCUT2D eigenvalue weighted by atomic mass is 9.93. The molecule has 44 heavy (non-hydrogen) atoms. The van der Waals surface area contributed by atoms with E-state index in [4.69, 9.17) is 19.4 Å². The fraction of sp³-hybridized carbons (Fsp3) is 0.414. The molecule has 0 atom stereocenters. The molecule has 7 rings (SSSR count). The van der Waals surface area contributed by atoms with Gasteiger partial charge in [-0.25, -0.2) is 30.1 Å². The molecule has 2 aliphatic rings. The van der Waals surface area contributed by atoms with E-state index >= 15 is 0 Å². The molecule has 3 N–H and O–H groups in total. The zero-order valence-electron chi connectivity index (χ0n) is 24.4. The average molecular weight is 599 g/mol. The van der Waals surface area contributed by atoms with Gasteiger partial charge in [-0.3, -0.25) is 10.2 Å². The summed E-state index contributed by atoms with van der Waals surface area (Å²) in [6, 6.07) is 6.13. The molecule has 0 radical (unpaired) electrons. The van der Waals surface area contributed by atoms with Crippen LogP contribution in [0.2, 0.25) is 0 Å². The highest BCUT2D eigenvalue weighted by atomic mass is 16.5. The van der Waals surface area contributed by atoms with Gasteiger partial charge in [0.2, 0.25) is 17.8 Å². The van der Waals surface area contributed by atoms with Crippen molar-refractivity contribution in [2.75, 3.05) is 42.0 Å². The van der Waals surface area contributed by atoms with Gasteiger partial charge >= 0.3 is 0 Å². The van der Waals surface area contributed by atoms with Gasteiger partial charge in [0.25, 0.3) is 0 Å². The van der Waals surface area contributed by atoms with Crippen LogP contribution < -0.4 is 20.4 Å². The predicted molar refractivity (Wildman–Crippen MR) is 162 cm³/mol. The molecular weight excluding hydrogens is 564 g/mol. The second-order valence-electron chi connectivity index (χ2n) is 11.0. The molecule has 0 spiro atoms. The molecule has 15 nitrogen and oxygen atoms in total. The van der Waals surface area contributed by atoms with Gasteiger partial charge in [-0.2, -0.15) is 10.1 Å². The Labute approximate surface area is 253 Å². The standard InChI is InChI=1S/C29H34N12O3/c1-39-21(16-33-29(39)38-42)17-41-18-34-26(37-41)19-13-23-24(32-15-19)14-25(40-9-11-43-12-10-40)36-27(23)44-22-5-3-20(4-6-22)35-28-30-7-2-8-31-28/h2,7-8,13-16,18,20,22,42H,3-6,9-12,17H2,1H3,(H,33,38)(H,30,31,35)/t20-,22+. The molecule has 0 unspecified atom stereocenters. The molecule has 1 aliphatic heterocycles. The molecule has 0 amide bonds. The molecule has 5 aromatic heterocycles. The lowest BCUT2D eigenvalue weighted by Crippen LogP contribution is -2.37. The summed E-state index contributed by atoms with van der Waals surface area (Å²) in [5.41, 5.74) is 4.50. The van der Waals surface area contributed by atoms with Gasteiger partial charge in [0.05, 0.1) is 42.6 Å². The number of hydrogen-bond donors (Lipinski definition) is 3.